The number of benzene rings is 2. The van der Waals surface area contributed by atoms with Crippen molar-refractivity contribution >= 4 is 22.8 Å². The minimum atomic E-state index is -0.415. The van der Waals surface area contributed by atoms with Gasteiger partial charge in [0.05, 0.1) is 23.1 Å². The molecule has 4 aromatic rings. The van der Waals surface area contributed by atoms with Gasteiger partial charge in [0, 0.05) is 37.6 Å². The van der Waals surface area contributed by atoms with E-state index in [1.54, 1.807) is 6.92 Å². The lowest BCUT2D eigenvalue weighted by molar-refractivity contribution is 0.0525. The summed E-state index contributed by atoms with van der Waals surface area (Å²) >= 11 is 0. The standard InChI is InChI=1S/C27H27N5O3/c1-2-35-26(34)21-16-28-27(29-17-21)31-14-12-19(13-15-31)18-32-24(20-8-4-3-5-9-20)30-23-11-7-6-10-22(23)25(32)33/h3-11,16-17,19H,2,12-15,18H2,1H3. The van der Waals surface area contributed by atoms with Crippen LogP contribution in [-0.4, -0.2) is 45.2 Å². The number of nitrogens with zero attached hydrogens (tertiary/aromatic N) is 5. The summed E-state index contributed by atoms with van der Waals surface area (Å²) < 4.78 is 6.83. The van der Waals surface area contributed by atoms with Crippen molar-refractivity contribution < 1.29 is 9.53 Å². The maximum Gasteiger partial charge on any atom is 0.341 e. The molecular weight excluding hydrogens is 442 g/mol. The Morgan fingerprint density at radius 2 is 1.69 bits per heavy atom. The Kier molecular flexibility index (Phi) is 6.52. The van der Waals surface area contributed by atoms with E-state index in [1.807, 2.05) is 59.2 Å². The van der Waals surface area contributed by atoms with E-state index in [0.29, 0.717) is 47.3 Å². The molecule has 1 aliphatic heterocycles. The molecule has 0 N–H and O–H groups in total. The lowest BCUT2D eigenvalue weighted by atomic mass is 9.96. The van der Waals surface area contributed by atoms with Crippen molar-refractivity contribution in [1.82, 2.24) is 19.5 Å². The molecular formula is C27H27N5O3. The SMILES string of the molecule is CCOC(=O)c1cnc(N2CCC(Cn3c(-c4ccccc4)nc4ccccc4c3=O)CC2)nc1. The fourth-order valence-corrected chi connectivity index (χ4v) is 4.52. The van der Waals surface area contributed by atoms with Crippen LogP contribution < -0.4 is 10.5 Å². The molecule has 1 aliphatic rings. The second-order valence-corrected chi connectivity index (χ2v) is 8.66. The zero-order chi connectivity index (χ0) is 24.2. The minimum Gasteiger partial charge on any atom is -0.462 e. The van der Waals surface area contributed by atoms with E-state index in [-0.39, 0.29) is 5.56 Å². The molecule has 0 atom stereocenters. The maximum atomic E-state index is 13.5. The Balaban J connectivity index is 1.34. The molecule has 8 nitrogen and oxygen atoms in total. The van der Waals surface area contributed by atoms with Crippen molar-refractivity contribution in [3.63, 3.8) is 0 Å². The number of fused-ring (bicyclic) bond motifs is 1. The molecule has 1 fully saturated rings. The predicted molar refractivity (Wildman–Crippen MR) is 134 cm³/mol. The summed E-state index contributed by atoms with van der Waals surface area (Å²) in [6.45, 7) is 4.25. The number of aromatic nitrogens is 4. The van der Waals surface area contributed by atoms with Crippen LogP contribution in [-0.2, 0) is 11.3 Å². The molecule has 2 aromatic carbocycles. The highest BCUT2D eigenvalue weighted by Gasteiger charge is 2.24. The van der Waals surface area contributed by atoms with Gasteiger partial charge in [-0.15, -0.1) is 0 Å². The highest BCUT2D eigenvalue weighted by molar-refractivity contribution is 5.88. The topological polar surface area (TPSA) is 90.2 Å². The van der Waals surface area contributed by atoms with Gasteiger partial charge < -0.3 is 9.64 Å². The van der Waals surface area contributed by atoms with Gasteiger partial charge in [-0.05, 0) is 37.8 Å². The van der Waals surface area contributed by atoms with Crippen LogP contribution in [0.15, 0.2) is 71.8 Å². The number of para-hydroxylation sites is 1. The molecule has 3 heterocycles. The lowest BCUT2D eigenvalue weighted by Gasteiger charge is -2.32. The molecule has 0 saturated carbocycles. The Bertz CT molecular complexity index is 1380. The number of rotatable bonds is 6. The van der Waals surface area contributed by atoms with Crippen molar-refractivity contribution in [2.45, 2.75) is 26.3 Å². The summed E-state index contributed by atoms with van der Waals surface area (Å²) in [5, 5.41) is 0.639. The van der Waals surface area contributed by atoms with E-state index in [4.69, 9.17) is 9.72 Å². The average molecular weight is 470 g/mol. The zero-order valence-corrected chi connectivity index (χ0v) is 19.6. The quantitative estimate of drug-likeness (QED) is 0.395. The first-order valence-corrected chi connectivity index (χ1v) is 11.9. The molecule has 1 saturated heterocycles. The van der Waals surface area contributed by atoms with Gasteiger partial charge in [-0.2, -0.15) is 0 Å². The second kappa shape index (κ2) is 10.0. The number of carbonyl (C=O) groups excluding carboxylic acids is 1. The van der Waals surface area contributed by atoms with Gasteiger partial charge in [-0.3, -0.25) is 9.36 Å². The second-order valence-electron chi connectivity index (χ2n) is 8.66. The Morgan fingerprint density at radius 1 is 1.00 bits per heavy atom. The lowest BCUT2D eigenvalue weighted by Crippen LogP contribution is -2.37. The van der Waals surface area contributed by atoms with Crippen LogP contribution in [0.4, 0.5) is 5.95 Å². The van der Waals surface area contributed by atoms with Gasteiger partial charge in [-0.1, -0.05) is 42.5 Å². The molecule has 0 bridgehead atoms. The van der Waals surface area contributed by atoms with E-state index in [1.165, 1.54) is 12.4 Å². The molecule has 0 aliphatic carbocycles. The molecule has 35 heavy (non-hydrogen) atoms. The summed E-state index contributed by atoms with van der Waals surface area (Å²) in [5.74, 6) is 1.22. The molecule has 178 valence electrons. The predicted octanol–water partition coefficient (Wildman–Crippen LogP) is 3.95. The summed E-state index contributed by atoms with van der Waals surface area (Å²) in [6, 6.07) is 17.4. The zero-order valence-electron chi connectivity index (χ0n) is 19.6. The van der Waals surface area contributed by atoms with Crippen molar-refractivity contribution in [3.8, 4) is 11.4 Å². The van der Waals surface area contributed by atoms with Crippen LogP contribution in [0, 0.1) is 5.92 Å². The van der Waals surface area contributed by atoms with Crippen LogP contribution in [0.25, 0.3) is 22.3 Å². The third-order valence-corrected chi connectivity index (χ3v) is 6.38. The molecule has 0 spiro atoms. The van der Waals surface area contributed by atoms with Crippen molar-refractivity contribution in [3.05, 3.63) is 82.9 Å². The van der Waals surface area contributed by atoms with Crippen LogP contribution in [0.5, 0.6) is 0 Å². The third kappa shape index (κ3) is 4.77. The van der Waals surface area contributed by atoms with E-state index in [9.17, 15) is 9.59 Å². The van der Waals surface area contributed by atoms with Crippen molar-refractivity contribution in [2.24, 2.45) is 5.92 Å². The molecule has 5 rings (SSSR count). The van der Waals surface area contributed by atoms with Gasteiger partial charge >= 0.3 is 5.97 Å². The number of hydrogen-bond donors (Lipinski definition) is 0. The normalized spacial score (nSPS) is 14.3. The molecule has 2 aromatic heterocycles. The molecule has 0 amide bonds. The number of carbonyl (C=O) groups is 1. The number of anilines is 1. The van der Waals surface area contributed by atoms with Crippen LogP contribution in [0.1, 0.15) is 30.1 Å². The number of piperidine rings is 1. The van der Waals surface area contributed by atoms with Crippen molar-refractivity contribution in [1.29, 1.82) is 0 Å². The fourth-order valence-electron chi connectivity index (χ4n) is 4.52. The third-order valence-electron chi connectivity index (χ3n) is 6.38. The number of ether oxygens (including phenoxy) is 1. The molecule has 8 heteroatoms. The highest BCUT2D eigenvalue weighted by Crippen LogP contribution is 2.25. The number of esters is 1. The molecule has 0 unspecified atom stereocenters. The van der Waals surface area contributed by atoms with Gasteiger partial charge in [0.1, 0.15) is 5.82 Å². The first kappa shape index (κ1) is 22.7. The van der Waals surface area contributed by atoms with E-state index >= 15 is 0 Å². The Morgan fingerprint density at radius 3 is 2.40 bits per heavy atom. The van der Waals surface area contributed by atoms with Crippen molar-refractivity contribution in [2.75, 3.05) is 24.6 Å². The number of hydrogen-bond acceptors (Lipinski definition) is 7. The molecule has 0 radical (unpaired) electrons. The van der Waals surface area contributed by atoms with Gasteiger partial charge in [0.2, 0.25) is 5.95 Å². The van der Waals surface area contributed by atoms with E-state index in [2.05, 4.69) is 14.9 Å². The summed E-state index contributed by atoms with van der Waals surface area (Å²) in [5.41, 5.74) is 1.99. The smallest absolute Gasteiger partial charge is 0.341 e. The van der Waals surface area contributed by atoms with Crippen LogP contribution in [0.2, 0.25) is 0 Å². The highest BCUT2D eigenvalue weighted by atomic mass is 16.5. The van der Waals surface area contributed by atoms with Crippen LogP contribution in [0.3, 0.4) is 0 Å². The Labute approximate surface area is 203 Å². The van der Waals surface area contributed by atoms with Gasteiger partial charge in [-0.25, -0.2) is 19.7 Å². The largest absolute Gasteiger partial charge is 0.462 e. The Hall–Kier alpha value is -4.07. The monoisotopic (exact) mass is 469 g/mol. The van der Waals surface area contributed by atoms with E-state index < -0.39 is 5.97 Å². The van der Waals surface area contributed by atoms with Gasteiger partial charge in [0.25, 0.3) is 5.56 Å². The van der Waals surface area contributed by atoms with Gasteiger partial charge in [0.15, 0.2) is 0 Å². The summed E-state index contributed by atoms with van der Waals surface area (Å²) in [6.07, 6.45) is 4.82. The summed E-state index contributed by atoms with van der Waals surface area (Å²) in [4.78, 5) is 41.0. The minimum absolute atomic E-state index is 0.00484. The fraction of sp³-hybridized carbons (Fsp3) is 0.296. The van der Waals surface area contributed by atoms with E-state index in [0.717, 1.165) is 31.5 Å². The first-order valence-electron chi connectivity index (χ1n) is 11.9. The average Bonchev–Trinajstić information content (AvgIpc) is 2.91. The van der Waals surface area contributed by atoms with Crippen LogP contribution >= 0.6 is 0 Å². The maximum absolute atomic E-state index is 13.5. The summed E-state index contributed by atoms with van der Waals surface area (Å²) in [7, 11) is 0. The first-order chi connectivity index (χ1) is 17.1.